The van der Waals surface area contributed by atoms with Gasteiger partial charge in [0.2, 0.25) is 11.7 Å². The van der Waals surface area contributed by atoms with Gasteiger partial charge in [0.05, 0.1) is 5.69 Å². The van der Waals surface area contributed by atoms with E-state index < -0.39 is 23.9 Å². The molecule has 0 saturated carbocycles. The van der Waals surface area contributed by atoms with E-state index in [1.807, 2.05) is 31.2 Å². The summed E-state index contributed by atoms with van der Waals surface area (Å²) in [5, 5.41) is 13.8. The highest BCUT2D eigenvalue weighted by Gasteiger charge is 2.55. The van der Waals surface area contributed by atoms with E-state index in [4.69, 9.17) is 16.1 Å². The van der Waals surface area contributed by atoms with Crippen molar-refractivity contribution in [1.82, 2.24) is 15.1 Å². The van der Waals surface area contributed by atoms with Crippen LogP contribution < -0.4 is 4.90 Å². The minimum absolute atomic E-state index is 0.0614. The Morgan fingerprint density at radius 3 is 2.73 bits per heavy atom. The first-order valence-corrected chi connectivity index (χ1v) is 9.59. The van der Waals surface area contributed by atoms with Crippen LogP contribution in [0, 0.1) is 6.92 Å². The van der Waals surface area contributed by atoms with Crippen molar-refractivity contribution in [2.75, 3.05) is 4.90 Å². The first-order chi connectivity index (χ1) is 14.5. The third-order valence-corrected chi connectivity index (χ3v) is 5.20. The van der Waals surface area contributed by atoms with Gasteiger partial charge in [0, 0.05) is 10.6 Å². The Hall–Kier alpha value is -3.59. The molecule has 3 heterocycles. The Kier molecular flexibility index (Phi) is 4.32. The van der Waals surface area contributed by atoms with Crippen LogP contribution in [0.4, 0.5) is 5.69 Å². The van der Waals surface area contributed by atoms with Gasteiger partial charge in [0.15, 0.2) is 12.1 Å². The maximum absolute atomic E-state index is 13.0. The van der Waals surface area contributed by atoms with E-state index in [2.05, 4.69) is 20.5 Å². The van der Waals surface area contributed by atoms with Gasteiger partial charge in [-0.25, -0.2) is 4.90 Å². The quantitative estimate of drug-likeness (QED) is 0.598. The van der Waals surface area contributed by atoms with Crippen LogP contribution in [0.1, 0.15) is 11.5 Å². The molecular weight excluding hydrogens is 408 g/mol. The number of amides is 2. The Balaban J connectivity index is 1.37. The summed E-state index contributed by atoms with van der Waals surface area (Å²) >= 11 is 6.01. The van der Waals surface area contributed by atoms with E-state index in [1.54, 1.807) is 24.3 Å². The average Bonchev–Trinajstić information content (AvgIpc) is 3.41. The van der Waals surface area contributed by atoms with E-state index in [0.29, 0.717) is 16.5 Å². The molecule has 1 saturated heterocycles. The number of carbonyl (C=O) groups is 2. The van der Waals surface area contributed by atoms with Crippen LogP contribution in [0.3, 0.4) is 0 Å². The van der Waals surface area contributed by atoms with Gasteiger partial charge in [-0.05, 0) is 31.2 Å². The fraction of sp³-hybridized carbons (Fsp3) is 0.200. The van der Waals surface area contributed by atoms with Crippen molar-refractivity contribution in [3.8, 4) is 11.4 Å². The van der Waals surface area contributed by atoms with Gasteiger partial charge < -0.3 is 4.52 Å². The molecule has 0 N–H and O–H groups in total. The second-order valence-corrected chi connectivity index (χ2v) is 7.50. The fourth-order valence-corrected chi connectivity index (χ4v) is 3.77. The number of fused-ring (bicyclic) bond motifs is 1. The SMILES string of the molecule is Cc1cccc(-c2noc(CN3N=N[C@H]4C(=O)N(c5cccc(Cl)c5)C(=O)[C@@H]43)n2)c1. The molecule has 9 nitrogen and oxygen atoms in total. The zero-order valence-electron chi connectivity index (χ0n) is 15.8. The third-order valence-electron chi connectivity index (χ3n) is 4.97. The summed E-state index contributed by atoms with van der Waals surface area (Å²) in [6.45, 7) is 2.04. The molecule has 2 aliphatic heterocycles. The fourth-order valence-electron chi connectivity index (χ4n) is 3.58. The van der Waals surface area contributed by atoms with E-state index in [9.17, 15) is 9.59 Å². The summed E-state index contributed by atoms with van der Waals surface area (Å²) in [6, 6.07) is 12.5. The number of aromatic nitrogens is 2. The zero-order valence-corrected chi connectivity index (χ0v) is 16.5. The van der Waals surface area contributed by atoms with Gasteiger partial charge in [-0.2, -0.15) is 10.1 Å². The van der Waals surface area contributed by atoms with Gasteiger partial charge >= 0.3 is 0 Å². The smallest absolute Gasteiger partial charge is 0.263 e. The Labute approximate surface area is 175 Å². The molecule has 150 valence electrons. The molecule has 0 unspecified atom stereocenters. The van der Waals surface area contributed by atoms with Crippen LogP contribution in [0.5, 0.6) is 0 Å². The lowest BCUT2D eigenvalue weighted by atomic mass is 10.1. The van der Waals surface area contributed by atoms with E-state index >= 15 is 0 Å². The first-order valence-electron chi connectivity index (χ1n) is 9.22. The summed E-state index contributed by atoms with van der Waals surface area (Å²) in [7, 11) is 0. The first kappa shape index (κ1) is 18.4. The van der Waals surface area contributed by atoms with Gasteiger partial charge in [-0.15, -0.1) is 0 Å². The molecule has 0 aliphatic carbocycles. The van der Waals surface area contributed by atoms with Gasteiger partial charge in [-0.3, -0.25) is 14.6 Å². The Morgan fingerprint density at radius 1 is 1.10 bits per heavy atom. The highest BCUT2D eigenvalue weighted by Crippen LogP contribution is 2.33. The molecule has 2 aromatic carbocycles. The molecule has 0 spiro atoms. The standard InChI is InChI=1S/C20H15ClN6O3/c1-11-4-2-5-12(8-11)18-22-15(30-24-18)10-26-17-16(23-25-26)19(28)27(20(17)29)14-7-3-6-13(21)9-14/h2-9,16-17H,10H2,1H3/t16-,17-/m1/s1. The van der Waals surface area contributed by atoms with Crippen molar-refractivity contribution in [3.05, 3.63) is 65.0 Å². The third kappa shape index (κ3) is 3.03. The molecule has 0 radical (unpaired) electrons. The predicted molar refractivity (Wildman–Crippen MR) is 106 cm³/mol. The van der Waals surface area contributed by atoms with E-state index in [-0.39, 0.29) is 12.4 Å². The van der Waals surface area contributed by atoms with Crippen LogP contribution in [-0.2, 0) is 16.1 Å². The van der Waals surface area contributed by atoms with Gasteiger partial charge in [0.1, 0.15) is 6.54 Å². The molecule has 10 heteroatoms. The Morgan fingerprint density at radius 2 is 1.93 bits per heavy atom. The van der Waals surface area contributed by atoms with Gasteiger partial charge in [0.25, 0.3) is 11.8 Å². The Bertz CT molecular complexity index is 1190. The van der Waals surface area contributed by atoms with Crippen LogP contribution in [0.2, 0.25) is 5.02 Å². The number of benzene rings is 2. The van der Waals surface area contributed by atoms with Crippen molar-refractivity contribution in [3.63, 3.8) is 0 Å². The number of hydrogen-bond acceptors (Lipinski definition) is 8. The van der Waals surface area contributed by atoms with Crippen molar-refractivity contribution in [2.24, 2.45) is 10.3 Å². The largest absolute Gasteiger partial charge is 0.337 e. The van der Waals surface area contributed by atoms with Crippen LogP contribution in [0.15, 0.2) is 63.4 Å². The normalized spacial score (nSPS) is 20.3. The van der Waals surface area contributed by atoms with Crippen LogP contribution in [0.25, 0.3) is 11.4 Å². The molecule has 3 aromatic rings. The summed E-state index contributed by atoms with van der Waals surface area (Å²) in [6.07, 6.45) is 0. The molecule has 0 bridgehead atoms. The average molecular weight is 423 g/mol. The molecule has 1 aromatic heterocycles. The van der Waals surface area contributed by atoms with E-state index in [1.165, 1.54) is 5.01 Å². The monoisotopic (exact) mass is 422 g/mol. The summed E-state index contributed by atoms with van der Waals surface area (Å²) in [5.74, 6) is -0.150. The van der Waals surface area contributed by atoms with Gasteiger partial charge in [-0.1, -0.05) is 51.8 Å². The molecule has 5 rings (SSSR count). The lowest BCUT2D eigenvalue weighted by Gasteiger charge is -2.19. The number of carbonyl (C=O) groups excluding carboxylic acids is 2. The number of imide groups is 1. The molecule has 1 fully saturated rings. The number of rotatable bonds is 4. The second-order valence-electron chi connectivity index (χ2n) is 7.07. The number of anilines is 1. The zero-order chi connectivity index (χ0) is 20.8. The molecule has 2 amide bonds. The van der Waals surface area contributed by atoms with Crippen molar-refractivity contribution < 1.29 is 14.1 Å². The summed E-state index contributed by atoms with van der Waals surface area (Å²) < 4.78 is 5.33. The van der Waals surface area contributed by atoms with Crippen molar-refractivity contribution in [2.45, 2.75) is 25.6 Å². The maximum atomic E-state index is 13.0. The van der Waals surface area contributed by atoms with Crippen molar-refractivity contribution in [1.29, 1.82) is 0 Å². The minimum atomic E-state index is -0.907. The van der Waals surface area contributed by atoms with E-state index in [0.717, 1.165) is 16.0 Å². The highest BCUT2D eigenvalue weighted by atomic mass is 35.5. The van der Waals surface area contributed by atoms with Crippen molar-refractivity contribution >= 4 is 29.1 Å². The van der Waals surface area contributed by atoms with Crippen LogP contribution >= 0.6 is 11.6 Å². The lowest BCUT2D eigenvalue weighted by Crippen LogP contribution is -2.39. The molecule has 30 heavy (non-hydrogen) atoms. The highest BCUT2D eigenvalue weighted by molar-refractivity contribution is 6.31. The number of nitrogens with zero attached hydrogens (tertiary/aromatic N) is 6. The summed E-state index contributed by atoms with van der Waals surface area (Å²) in [4.78, 5) is 31.2. The second kappa shape index (κ2) is 7.03. The number of halogens is 1. The maximum Gasteiger partial charge on any atom is 0.263 e. The summed E-state index contributed by atoms with van der Waals surface area (Å²) in [5.41, 5.74) is 2.30. The predicted octanol–water partition coefficient (Wildman–Crippen LogP) is 3.19. The minimum Gasteiger partial charge on any atom is -0.337 e. The molecular formula is C20H15ClN6O3. The lowest BCUT2D eigenvalue weighted by molar-refractivity contribution is -0.123. The van der Waals surface area contributed by atoms with Crippen LogP contribution in [-0.4, -0.2) is 39.0 Å². The topological polar surface area (TPSA) is 104 Å². The molecule has 2 aliphatic rings. The number of hydrogen-bond donors (Lipinski definition) is 0. The number of aryl methyl sites for hydroxylation is 1. The molecule has 2 atom stereocenters.